The number of carboxylic acid groups (broad SMARTS) is 1. The minimum Gasteiger partial charge on any atom is -0.481 e. The van der Waals surface area contributed by atoms with Crippen LogP contribution in [0.25, 0.3) is 0 Å². The van der Waals surface area contributed by atoms with Crippen molar-refractivity contribution in [2.75, 3.05) is 0 Å². The second-order valence-corrected chi connectivity index (χ2v) is 8.20. The van der Waals surface area contributed by atoms with Crippen LogP contribution in [0.5, 0.6) is 0 Å². The van der Waals surface area contributed by atoms with Crippen LogP contribution in [0.15, 0.2) is 12.2 Å². The van der Waals surface area contributed by atoms with Crippen LogP contribution in [0.3, 0.4) is 0 Å². The highest BCUT2D eigenvalue weighted by molar-refractivity contribution is 5.84. The van der Waals surface area contributed by atoms with Gasteiger partial charge < -0.3 is 10.2 Å². The van der Waals surface area contributed by atoms with E-state index in [0.717, 1.165) is 70.6 Å². The summed E-state index contributed by atoms with van der Waals surface area (Å²) in [4.78, 5) is 23.1. The van der Waals surface area contributed by atoms with E-state index in [4.69, 9.17) is 5.11 Å². The Morgan fingerprint density at radius 3 is 2.48 bits per heavy atom. The summed E-state index contributed by atoms with van der Waals surface area (Å²) in [6, 6.07) is 0. The van der Waals surface area contributed by atoms with Gasteiger partial charge >= 0.3 is 5.97 Å². The average molecular weight is 381 g/mol. The molecule has 4 heteroatoms. The van der Waals surface area contributed by atoms with Gasteiger partial charge in [0.15, 0.2) is 0 Å². The van der Waals surface area contributed by atoms with E-state index in [1.54, 1.807) is 0 Å². The lowest BCUT2D eigenvalue weighted by Gasteiger charge is -2.21. The zero-order valence-corrected chi connectivity index (χ0v) is 17.4. The Kier molecular flexibility index (Phi) is 12.3. The molecule has 0 aromatic carbocycles. The van der Waals surface area contributed by atoms with Gasteiger partial charge in [-0.05, 0) is 37.5 Å². The molecule has 1 rings (SSSR count). The molecule has 4 unspecified atom stereocenters. The lowest BCUT2D eigenvalue weighted by molar-refractivity contribution is -0.137. The van der Waals surface area contributed by atoms with Crippen LogP contribution in [-0.2, 0) is 9.59 Å². The Balaban J connectivity index is 2.53. The maximum Gasteiger partial charge on any atom is 0.303 e. The molecule has 4 atom stereocenters. The molecule has 156 valence electrons. The smallest absolute Gasteiger partial charge is 0.303 e. The molecule has 0 saturated heterocycles. The Morgan fingerprint density at radius 1 is 1.07 bits per heavy atom. The van der Waals surface area contributed by atoms with Gasteiger partial charge in [-0.1, -0.05) is 70.9 Å². The number of unbranched alkanes of at least 4 members (excludes halogenated alkanes) is 5. The lowest BCUT2D eigenvalue weighted by Crippen LogP contribution is -2.17. The predicted molar refractivity (Wildman–Crippen MR) is 110 cm³/mol. The van der Waals surface area contributed by atoms with Gasteiger partial charge in [0.05, 0.1) is 6.10 Å². The van der Waals surface area contributed by atoms with E-state index in [-0.39, 0.29) is 18.3 Å². The van der Waals surface area contributed by atoms with Crippen molar-refractivity contribution in [1.29, 1.82) is 0 Å². The molecule has 27 heavy (non-hydrogen) atoms. The van der Waals surface area contributed by atoms with E-state index in [9.17, 15) is 14.7 Å². The van der Waals surface area contributed by atoms with Crippen molar-refractivity contribution in [3.63, 3.8) is 0 Å². The van der Waals surface area contributed by atoms with E-state index >= 15 is 0 Å². The second kappa shape index (κ2) is 13.9. The molecule has 0 radical (unpaired) electrons. The van der Waals surface area contributed by atoms with E-state index < -0.39 is 12.1 Å². The molecule has 0 aromatic rings. The Bertz CT molecular complexity index is 457. The Morgan fingerprint density at radius 2 is 1.81 bits per heavy atom. The molecule has 0 spiro atoms. The lowest BCUT2D eigenvalue weighted by atomic mass is 9.83. The average Bonchev–Trinajstić information content (AvgIpc) is 2.91. The van der Waals surface area contributed by atoms with Crippen LogP contribution in [0.2, 0.25) is 0 Å². The van der Waals surface area contributed by atoms with Crippen molar-refractivity contribution in [3.8, 4) is 0 Å². The third kappa shape index (κ3) is 9.55. The van der Waals surface area contributed by atoms with E-state index in [0.29, 0.717) is 18.1 Å². The van der Waals surface area contributed by atoms with Gasteiger partial charge in [0, 0.05) is 18.8 Å². The number of rotatable bonds is 15. The fraction of sp³-hybridized carbons (Fsp3) is 0.826. The molecule has 1 aliphatic rings. The fourth-order valence-electron chi connectivity index (χ4n) is 4.35. The van der Waals surface area contributed by atoms with Crippen molar-refractivity contribution in [2.24, 2.45) is 17.8 Å². The van der Waals surface area contributed by atoms with Gasteiger partial charge in [-0.2, -0.15) is 0 Å². The molecule has 0 amide bonds. The monoisotopic (exact) mass is 380 g/mol. The normalized spacial score (nSPS) is 24.0. The first-order chi connectivity index (χ1) is 13.0. The molecule has 0 aromatic heterocycles. The maximum absolute atomic E-state index is 12.6. The van der Waals surface area contributed by atoms with Gasteiger partial charge in [0.2, 0.25) is 0 Å². The van der Waals surface area contributed by atoms with Crippen molar-refractivity contribution in [3.05, 3.63) is 12.2 Å². The fourth-order valence-corrected chi connectivity index (χ4v) is 4.35. The molecule has 0 bridgehead atoms. The van der Waals surface area contributed by atoms with Gasteiger partial charge in [-0.25, -0.2) is 0 Å². The summed E-state index contributed by atoms with van der Waals surface area (Å²) >= 11 is 0. The van der Waals surface area contributed by atoms with Crippen molar-refractivity contribution < 1.29 is 19.8 Å². The summed E-state index contributed by atoms with van der Waals surface area (Å²) in [6.45, 7) is 4.33. The highest BCUT2D eigenvalue weighted by atomic mass is 16.4. The molecular formula is C23H40O4. The number of hydrogen-bond acceptors (Lipinski definition) is 3. The molecule has 1 saturated carbocycles. The SMILES string of the molecule is CCCCCC(O)/C=C/C1C(CCC)CC(=O)C1CCCCCCC(=O)O. The molecule has 4 nitrogen and oxygen atoms in total. The van der Waals surface area contributed by atoms with Gasteiger partial charge in [0.25, 0.3) is 0 Å². The van der Waals surface area contributed by atoms with Crippen molar-refractivity contribution in [2.45, 2.75) is 103 Å². The minimum atomic E-state index is -0.730. The predicted octanol–water partition coefficient (Wildman–Crippen LogP) is 5.53. The zero-order valence-electron chi connectivity index (χ0n) is 17.4. The standard InChI is InChI=1S/C23H40O4/c1-3-5-8-12-19(24)15-16-20-18(11-4-2)17-22(25)21(20)13-9-6-7-10-14-23(26)27/h15-16,18-21,24H,3-14,17H2,1-2H3,(H,26,27)/b16-15+. The van der Waals surface area contributed by atoms with Crippen molar-refractivity contribution >= 4 is 11.8 Å². The first-order valence-corrected chi connectivity index (χ1v) is 11.1. The first kappa shape index (κ1) is 23.9. The van der Waals surface area contributed by atoms with Crippen molar-refractivity contribution in [1.82, 2.24) is 0 Å². The number of aliphatic carboxylic acids is 1. The number of allylic oxidation sites excluding steroid dienone is 1. The Labute approximate surface area is 165 Å². The van der Waals surface area contributed by atoms with Crippen LogP contribution in [0.4, 0.5) is 0 Å². The summed E-state index contributed by atoms with van der Waals surface area (Å²) in [5.74, 6) is 0.413. The number of carbonyl (C=O) groups is 2. The topological polar surface area (TPSA) is 74.6 Å². The summed E-state index contributed by atoms with van der Waals surface area (Å²) in [7, 11) is 0. The van der Waals surface area contributed by atoms with Gasteiger partial charge in [0.1, 0.15) is 5.78 Å². The third-order valence-electron chi connectivity index (χ3n) is 5.86. The minimum absolute atomic E-state index is 0.0834. The van der Waals surface area contributed by atoms with E-state index in [1.807, 2.05) is 6.08 Å². The van der Waals surface area contributed by atoms with Crippen LogP contribution < -0.4 is 0 Å². The number of hydrogen-bond donors (Lipinski definition) is 2. The van der Waals surface area contributed by atoms with E-state index in [1.165, 1.54) is 0 Å². The maximum atomic E-state index is 12.6. The van der Waals surface area contributed by atoms with E-state index in [2.05, 4.69) is 19.9 Å². The van der Waals surface area contributed by atoms with Gasteiger partial charge in [-0.15, -0.1) is 0 Å². The number of aliphatic hydroxyl groups excluding tert-OH is 1. The van der Waals surface area contributed by atoms with Crippen LogP contribution in [-0.4, -0.2) is 28.1 Å². The summed E-state index contributed by atoms with van der Waals surface area (Å²) in [5, 5.41) is 18.9. The third-order valence-corrected chi connectivity index (χ3v) is 5.86. The number of Topliss-reactive ketones (excluding diaryl/α,β-unsaturated/α-hetero) is 1. The summed E-state index contributed by atoms with van der Waals surface area (Å²) in [6.07, 6.45) is 15.4. The molecule has 0 heterocycles. The number of aliphatic hydroxyl groups is 1. The van der Waals surface area contributed by atoms with Gasteiger partial charge in [-0.3, -0.25) is 9.59 Å². The van der Waals surface area contributed by atoms with Crippen LogP contribution in [0, 0.1) is 17.8 Å². The largest absolute Gasteiger partial charge is 0.481 e. The first-order valence-electron chi connectivity index (χ1n) is 11.1. The molecule has 1 aliphatic carbocycles. The number of carbonyl (C=O) groups excluding carboxylic acids is 1. The van der Waals surface area contributed by atoms with Crippen LogP contribution >= 0.6 is 0 Å². The molecular weight excluding hydrogens is 340 g/mol. The highest BCUT2D eigenvalue weighted by Gasteiger charge is 2.39. The van der Waals surface area contributed by atoms with Crippen LogP contribution in [0.1, 0.15) is 97.3 Å². The highest BCUT2D eigenvalue weighted by Crippen LogP contribution is 2.41. The molecule has 1 fully saturated rings. The summed E-state index contributed by atoms with van der Waals surface area (Å²) in [5.41, 5.74) is 0. The second-order valence-electron chi connectivity index (χ2n) is 8.20. The number of ketones is 1. The zero-order chi connectivity index (χ0) is 20.1. The molecule has 0 aliphatic heterocycles. The summed E-state index contributed by atoms with van der Waals surface area (Å²) < 4.78 is 0. The quantitative estimate of drug-likeness (QED) is 0.289. The molecule has 2 N–H and O–H groups in total. The Hall–Kier alpha value is -1.16. The number of carboxylic acids is 1.